The molecule has 0 aliphatic heterocycles. The Morgan fingerprint density at radius 1 is 0.453 bits per heavy atom. The molecule has 0 saturated heterocycles. The standard InChI is InChI=1S/C49H91NO3/c1-3-5-7-9-11-13-15-17-19-21-23-24-25-27-28-30-32-34-36-38-40-42-44-48(52)47(46-51)50-49(53)45-43-41-39-37-35-33-31-29-26-22-20-18-16-14-12-10-8-6-4-2/h12,14,16,18,34,36,42,44,47-48,51-52H,3-11,13,15,17,19-33,35,37-41,43,45-46H2,1-2H3,(H,50,53)/b14-12-,18-16-,36-34+,44-42+. The molecule has 1 amide bonds. The maximum Gasteiger partial charge on any atom is 0.220 e. The number of amides is 1. The van der Waals surface area contributed by atoms with Gasteiger partial charge in [-0.05, 0) is 57.8 Å². The Bertz CT molecular complexity index is 847. The lowest BCUT2D eigenvalue weighted by atomic mass is 10.0. The average Bonchev–Trinajstić information content (AvgIpc) is 3.16. The van der Waals surface area contributed by atoms with E-state index in [4.69, 9.17) is 0 Å². The molecule has 4 heteroatoms. The number of carbonyl (C=O) groups is 1. The molecule has 4 nitrogen and oxygen atoms in total. The molecule has 3 N–H and O–H groups in total. The minimum atomic E-state index is -0.864. The molecule has 0 heterocycles. The summed E-state index contributed by atoms with van der Waals surface area (Å²) in [6.07, 6.45) is 60.8. The van der Waals surface area contributed by atoms with E-state index in [9.17, 15) is 15.0 Å². The fourth-order valence-electron chi connectivity index (χ4n) is 6.95. The third-order valence-electron chi connectivity index (χ3n) is 10.6. The number of aliphatic hydroxyl groups is 2. The number of allylic oxidation sites excluding steroid dienone is 7. The van der Waals surface area contributed by atoms with Gasteiger partial charge in [-0.25, -0.2) is 0 Å². The fourth-order valence-corrected chi connectivity index (χ4v) is 6.95. The maximum absolute atomic E-state index is 12.4. The first-order valence-corrected chi connectivity index (χ1v) is 23.4. The van der Waals surface area contributed by atoms with Crippen LogP contribution in [0.4, 0.5) is 0 Å². The van der Waals surface area contributed by atoms with Crippen molar-refractivity contribution < 1.29 is 15.0 Å². The molecule has 0 fully saturated rings. The first-order chi connectivity index (χ1) is 26.2. The van der Waals surface area contributed by atoms with Gasteiger partial charge in [-0.15, -0.1) is 0 Å². The molecule has 0 bridgehead atoms. The first kappa shape index (κ1) is 51.4. The summed E-state index contributed by atoms with van der Waals surface area (Å²) in [6.45, 7) is 4.28. The molecule has 310 valence electrons. The van der Waals surface area contributed by atoms with E-state index in [-0.39, 0.29) is 12.5 Å². The van der Waals surface area contributed by atoms with E-state index >= 15 is 0 Å². The lowest BCUT2D eigenvalue weighted by molar-refractivity contribution is -0.123. The number of nitrogens with one attached hydrogen (secondary N) is 1. The van der Waals surface area contributed by atoms with E-state index in [2.05, 4.69) is 55.6 Å². The summed E-state index contributed by atoms with van der Waals surface area (Å²) < 4.78 is 0. The van der Waals surface area contributed by atoms with Crippen molar-refractivity contribution in [2.45, 2.75) is 251 Å². The van der Waals surface area contributed by atoms with Crippen LogP contribution in [0.2, 0.25) is 0 Å². The Morgan fingerprint density at radius 3 is 1.25 bits per heavy atom. The van der Waals surface area contributed by atoms with Crippen LogP contribution in [0.15, 0.2) is 48.6 Å². The van der Waals surface area contributed by atoms with Gasteiger partial charge in [-0.1, -0.05) is 223 Å². The van der Waals surface area contributed by atoms with Crippen LogP contribution in [0.1, 0.15) is 239 Å². The van der Waals surface area contributed by atoms with Crippen LogP contribution < -0.4 is 5.32 Å². The highest BCUT2D eigenvalue weighted by Crippen LogP contribution is 2.15. The summed E-state index contributed by atoms with van der Waals surface area (Å²) in [6, 6.07) is -0.641. The molecule has 0 aromatic heterocycles. The molecule has 0 spiro atoms. The predicted molar refractivity (Wildman–Crippen MR) is 235 cm³/mol. The number of aliphatic hydroxyl groups excluding tert-OH is 2. The van der Waals surface area contributed by atoms with Crippen molar-refractivity contribution in [1.29, 1.82) is 0 Å². The Balaban J connectivity index is 3.60. The van der Waals surface area contributed by atoms with Gasteiger partial charge in [0.25, 0.3) is 0 Å². The number of hydrogen-bond donors (Lipinski definition) is 3. The maximum atomic E-state index is 12.4. The summed E-state index contributed by atoms with van der Waals surface area (Å²) in [4.78, 5) is 12.4. The monoisotopic (exact) mass is 742 g/mol. The second-order valence-electron chi connectivity index (χ2n) is 15.8. The van der Waals surface area contributed by atoms with Gasteiger partial charge in [0.05, 0.1) is 18.8 Å². The molecule has 0 aliphatic carbocycles. The lowest BCUT2D eigenvalue weighted by Gasteiger charge is -2.19. The average molecular weight is 742 g/mol. The summed E-state index contributed by atoms with van der Waals surface area (Å²) in [7, 11) is 0. The van der Waals surface area contributed by atoms with Crippen LogP contribution in [-0.2, 0) is 4.79 Å². The lowest BCUT2D eigenvalue weighted by Crippen LogP contribution is -2.45. The summed E-state index contributed by atoms with van der Waals surface area (Å²) >= 11 is 0. The summed E-state index contributed by atoms with van der Waals surface area (Å²) in [5.74, 6) is -0.0774. The minimum Gasteiger partial charge on any atom is -0.394 e. The van der Waals surface area contributed by atoms with Crippen molar-refractivity contribution in [3.05, 3.63) is 48.6 Å². The molecule has 53 heavy (non-hydrogen) atoms. The van der Waals surface area contributed by atoms with Crippen LogP contribution in [0, 0.1) is 0 Å². The van der Waals surface area contributed by atoms with Crippen LogP contribution in [0.3, 0.4) is 0 Å². The van der Waals surface area contributed by atoms with Crippen molar-refractivity contribution in [2.24, 2.45) is 0 Å². The van der Waals surface area contributed by atoms with Gasteiger partial charge in [-0.2, -0.15) is 0 Å². The molecule has 2 unspecified atom stereocenters. The Hall–Kier alpha value is -1.65. The number of carbonyl (C=O) groups excluding carboxylic acids is 1. The molecular weight excluding hydrogens is 651 g/mol. The minimum absolute atomic E-state index is 0.0774. The number of unbranched alkanes of at least 4 members (excludes halogenated alkanes) is 30. The van der Waals surface area contributed by atoms with Crippen LogP contribution in [0.5, 0.6) is 0 Å². The van der Waals surface area contributed by atoms with Crippen LogP contribution in [-0.4, -0.2) is 34.9 Å². The van der Waals surface area contributed by atoms with E-state index in [0.29, 0.717) is 6.42 Å². The molecule has 2 atom stereocenters. The molecule has 0 rings (SSSR count). The van der Waals surface area contributed by atoms with Crippen molar-refractivity contribution in [3.8, 4) is 0 Å². The Labute approximate surface area is 331 Å². The second kappa shape index (κ2) is 44.7. The van der Waals surface area contributed by atoms with Gasteiger partial charge in [0.15, 0.2) is 0 Å². The molecular formula is C49H91NO3. The molecule has 0 aromatic rings. The van der Waals surface area contributed by atoms with Crippen molar-refractivity contribution >= 4 is 5.91 Å². The second-order valence-corrected chi connectivity index (χ2v) is 15.8. The zero-order valence-corrected chi connectivity index (χ0v) is 35.5. The van der Waals surface area contributed by atoms with E-state index in [1.165, 1.54) is 186 Å². The quantitative estimate of drug-likeness (QED) is 0.0331. The smallest absolute Gasteiger partial charge is 0.220 e. The van der Waals surface area contributed by atoms with Crippen molar-refractivity contribution in [2.75, 3.05) is 6.61 Å². The predicted octanol–water partition coefficient (Wildman–Crippen LogP) is 14.7. The third kappa shape index (κ3) is 41.4. The van der Waals surface area contributed by atoms with Gasteiger partial charge in [0.2, 0.25) is 5.91 Å². The van der Waals surface area contributed by atoms with E-state index in [0.717, 1.165) is 32.1 Å². The zero-order valence-electron chi connectivity index (χ0n) is 35.5. The SMILES string of the molecule is CCCCC/C=C\C=C/CCCCCCCCCCCCC(=O)NC(CO)C(O)/C=C/CC/C=C/CCCCCCCCCCCCCCCCCC. The first-order valence-electron chi connectivity index (χ1n) is 23.4. The molecule has 0 saturated carbocycles. The highest BCUT2D eigenvalue weighted by molar-refractivity contribution is 5.76. The van der Waals surface area contributed by atoms with Crippen LogP contribution >= 0.6 is 0 Å². The van der Waals surface area contributed by atoms with E-state index in [1.807, 2.05) is 6.08 Å². The molecule has 0 aliphatic rings. The van der Waals surface area contributed by atoms with Gasteiger partial charge in [0.1, 0.15) is 0 Å². The molecule has 0 aromatic carbocycles. The van der Waals surface area contributed by atoms with Crippen molar-refractivity contribution in [1.82, 2.24) is 5.32 Å². The van der Waals surface area contributed by atoms with E-state index in [1.54, 1.807) is 6.08 Å². The highest BCUT2D eigenvalue weighted by atomic mass is 16.3. The number of rotatable bonds is 42. The van der Waals surface area contributed by atoms with Gasteiger partial charge < -0.3 is 15.5 Å². The van der Waals surface area contributed by atoms with Crippen molar-refractivity contribution in [3.63, 3.8) is 0 Å². The topological polar surface area (TPSA) is 69.6 Å². The van der Waals surface area contributed by atoms with Gasteiger partial charge >= 0.3 is 0 Å². The third-order valence-corrected chi connectivity index (χ3v) is 10.6. The fraction of sp³-hybridized carbons (Fsp3) is 0.816. The number of hydrogen-bond acceptors (Lipinski definition) is 3. The molecule has 0 radical (unpaired) electrons. The largest absolute Gasteiger partial charge is 0.394 e. The Kier molecular flexibility index (Phi) is 43.4. The Morgan fingerprint density at radius 2 is 0.792 bits per heavy atom. The normalized spacial score (nSPS) is 13.4. The van der Waals surface area contributed by atoms with Crippen LogP contribution in [0.25, 0.3) is 0 Å². The van der Waals surface area contributed by atoms with E-state index < -0.39 is 12.1 Å². The van der Waals surface area contributed by atoms with Gasteiger partial charge in [0, 0.05) is 6.42 Å². The summed E-state index contributed by atoms with van der Waals surface area (Å²) in [5.41, 5.74) is 0. The highest BCUT2D eigenvalue weighted by Gasteiger charge is 2.17. The zero-order chi connectivity index (χ0) is 38.6. The van der Waals surface area contributed by atoms with Gasteiger partial charge in [-0.3, -0.25) is 4.79 Å². The summed E-state index contributed by atoms with van der Waals surface area (Å²) in [5, 5.41) is 23.0.